The maximum Gasteiger partial charge on any atom is 0.351 e. The summed E-state index contributed by atoms with van der Waals surface area (Å²) in [6.45, 7) is -0.754. The van der Waals surface area contributed by atoms with E-state index in [2.05, 4.69) is 4.98 Å². The molecule has 0 aliphatic carbocycles. The number of nitrogens with zero attached hydrogens (tertiary/aromatic N) is 3. The molecule has 198 valence electrons. The summed E-state index contributed by atoms with van der Waals surface area (Å²) in [7, 11) is -5.56. The topological polar surface area (TPSA) is 265 Å². The van der Waals surface area contributed by atoms with Crippen LogP contribution < -0.4 is 27.6 Å². The SMILES string of the molecule is Nc1ccn(C2OC(CO)C(O)C2C(OP(=O)([O-])O)C2OC(n3ccc(=O)[nH]c3=O)CC2O)c(=O)n1. The third-order valence-corrected chi connectivity index (χ3v) is 6.49. The van der Waals surface area contributed by atoms with E-state index in [4.69, 9.17) is 19.7 Å². The highest BCUT2D eigenvalue weighted by Gasteiger charge is 2.55. The zero-order valence-electron chi connectivity index (χ0n) is 18.3. The predicted octanol–water partition coefficient (Wildman–Crippen LogP) is -4.26. The molecular weight excluding hydrogens is 509 g/mol. The fourth-order valence-corrected chi connectivity index (χ4v) is 5.01. The molecule has 9 atom stereocenters. The summed E-state index contributed by atoms with van der Waals surface area (Å²) in [6, 6.07) is 2.25. The second kappa shape index (κ2) is 9.97. The average molecular weight is 532 g/mol. The van der Waals surface area contributed by atoms with Crippen molar-refractivity contribution in [3.05, 3.63) is 55.8 Å². The maximum absolute atomic E-state index is 12.5. The minimum Gasteiger partial charge on any atom is -0.756 e. The number of phosphoric ester groups is 1. The first-order valence-corrected chi connectivity index (χ1v) is 12.1. The van der Waals surface area contributed by atoms with Gasteiger partial charge in [0.1, 0.15) is 36.6 Å². The molecule has 0 bridgehead atoms. The standard InChI is InChI=1S/C18H24N5O12P/c19-9-1-3-23(17(28)20-9)16-12(13(27)8(6-24)33-16)15(35-36(30,31)32)14-7(25)5-11(34-14)22-4-2-10(26)21-18(22)29/h1-4,7-8,11-16,24-25,27H,5-6H2,(H2,19,20,28)(H,21,26,29)(H2,30,31,32)/p-1. The number of aromatic nitrogens is 4. The van der Waals surface area contributed by atoms with Gasteiger partial charge in [-0.25, -0.2) is 9.59 Å². The van der Waals surface area contributed by atoms with E-state index >= 15 is 0 Å². The molecule has 0 saturated carbocycles. The number of phosphoric acid groups is 1. The molecule has 0 amide bonds. The smallest absolute Gasteiger partial charge is 0.351 e. The Morgan fingerprint density at radius 1 is 1.25 bits per heavy atom. The van der Waals surface area contributed by atoms with Gasteiger partial charge in [-0.1, -0.05) is 0 Å². The van der Waals surface area contributed by atoms with Gasteiger partial charge >= 0.3 is 11.4 Å². The van der Waals surface area contributed by atoms with Crippen LogP contribution in [0.2, 0.25) is 0 Å². The van der Waals surface area contributed by atoms with E-state index in [-0.39, 0.29) is 12.2 Å². The minimum absolute atomic E-state index is 0.138. The van der Waals surface area contributed by atoms with Crippen molar-refractivity contribution in [1.29, 1.82) is 0 Å². The third-order valence-electron chi connectivity index (χ3n) is 5.98. The van der Waals surface area contributed by atoms with Gasteiger partial charge < -0.3 is 44.8 Å². The summed E-state index contributed by atoms with van der Waals surface area (Å²) in [5, 5.41) is 31.2. The number of anilines is 1. The Morgan fingerprint density at radius 2 is 1.94 bits per heavy atom. The Bertz CT molecular complexity index is 1320. The van der Waals surface area contributed by atoms with Crippen molar-refractivity contribution in [2.45, 2.75) is 49.4 Å². The Balaban J connectivity index is 1.75. The molecule has 7 N–H and O–H groups in total. The molecule has 9 unspecified atom stereocenters. The van der Waals surface area contributed by atoms with Crippen LogP contribution in [0.5, 0.6) is 0 Å². The molecule has 2 aliphatic heterocycles. The molecule has 0 aromatic carbocycles. The zero-order valence-corrected chi connectivity index (χ0v) is 19.2. The number of nitrogens with one attached hydrogen (secondary N) is 1. The lowest BCUT2D eigenvalue weighted by Crippen LogP contribution is -2.49. The number of aliphatic hydroxyl groups excluding tert-OH is 3. The van der Waals surface area contributed by atoms with Crippen molar-refractivity contribution in [2.75, 3.05) is 12.3 Å². The summed E-state index contributed by atoms with van der Waals surface area (Å²) in [5.41, 5.74) is 2.98. The normalized spacial score (nSPS) is 32.9. The Hall–Kier alpha value is -2.73. The molecule has 2 aromatic heterocycles. The summed E-state index contributed by atoms with van der Waals surface area (Å²) in [5.74, 6) is -1.67. The van der Waals surface area contributed by atoms with Gasteiger partial charge in [0.25, 0.3) is 13.4 Å². The van der Waals surface area contributed by atoms with Crippen LogP contribution in [0, 0.1) is 5.92 Å². The minimum atomic E-state index is -5.56. The van der Waals surface area contributed by atoms with E-state index in [0.717, 1.165) is 27.6 Å². The molecule has 2 aliphatic rings. The number of ether oxygens (including phenoxy) is 2. The number of nitrogens with two attached hydrogens (primary N) is 1. The van der Waals surface area contributed by atoms with Crippen molar-refractivity contribution >= 4 is 13.6 Å². The van der Waals surface area contributed by atoms with Crippen molar-refractivity contribution in [3.8, 4) is 0 Å². The number of aromatic amines is 1. The number of hydrogen-bond donors (Lipinski definition) is 6. The fraction of sp³-hybridized carbons (Fsp3) is 0.556. The number of aliphatic hydroxyl groups is 3. The van der Waals surface area contributed by atoms with Gasteiger partial charge in [-0.2, -0.15) is 4.98 Å². The highest BCUT2D eigenvalue weighted by atomic mass is 31.2. The average Bonchev–Trinajstić information content (AvgIpc) is 3.31. The van der Waals surface area contributed by atoms with Crippen molar-refractivity contribution in [3.63, 3.8) is 0 Å². The van der Waals surface area contributed by atoms with Crippen molar-refractivity contribution < 1.29 is 43.7 Å². The van der Waals surface area contributed by atoms with E-state index in [9.17, 15) is 44.1 Å². The highest BCUT2D eigenvalue weighted by Crippen LogP contribution is 2.47. The molecule has 2 saturated heterocycles. The van der Waals surface area contributed by atoms with Crippen LogP contribution in [0.3, 0.4) is 0 Å². The number of nitrogen functional groups attached to an aromatic ring is 1. The summed E-state index contributed by atoms with van der Waals surface area (Å²) >= 11 is 0. The predicted molar refractivity (Wildman–Crippen MR) is 114 cm³/mol. The van der Waals surface area contributed by atoms with Gasteiger partial charge in [0, 0.05) is 24.9 Å². The molecule has 36 heavy (non-hydrogen) atoms. The third kappa shape index (κ3) is 5.19. The molecule has 2 fully saturated rings. The lowest BCUT2D eigenvalue weighted by atomic mass is 9.88. The van der Waals surface area contributed by atoms with Crippen molar-refractivity contribution in [2.24, 2.45) is 5.92 Å². The quantitative estimate of drug-likeness (QED) is 0.184. The van der Waals surface area contributed by atoms with E-state index in [1.807, 2.05) is 4.98 Å². The van der Waals surface area contributed by atoms with E-state index < -0.39 is 80.3 Å². The van der Waals surface area contributed by atoms with E-state index in [0.29, 0.717) is 0 Å². The Kier molecular flexibility index (Phi) is 7.29. The van der Waals surface area contributed by atoms with Crippen LogP contribution in [0.4, 0.5) is 5.82 Å². The van der Waals surface area contributed by atoms with Crippen molar-refractivity contribution in [1.82, 2.24) is 19.1 Å². The molecule has 18 heteroatoms. The molecule has 4 rings (SSSR count). The fourth-order valence-electron chi connectivity index (χ4n) is 4.45. The Labute approximate surface area is 200 Å². The van der Waals surface area contributed by atoms with E-state index in [1.54, 1.807) is 0 Å². The molecule has 17 nitrogen and oxygen atoms in total. The molecule has 4 heterocycles. The van der Waals surface area contributed by atoms with Gasteiger partial charge in [0.15, 0.2) is 0 Å². The second-order valence-electron chi connectivity index (χ2n) is 8.27. The summed E-state index contributed by atoms with van der Waals surface area (Å²) in [4.78, 5) is 62.8. The number of hydrogen-bond acceptors (Lipinski definition) is 13. The molecular formula is C18H23N5O12P-. The van der Waals surface area contributed by atoms with Crippen LogP contribution in [0.1, 0.15) is 18.9 Å². The summed E-state index contributed by atoms with van der Waals surface area (Å²) in [6.07, 6.45) is -8.81. The molecule has 0 radical (unpaired) electrons. The maximum atomic E-state index is 12.5. The van der Waals surface area contributed by atoms with Gasteiger partial charge in [-0.3, -0.25) is 23.5 Å². The first-order valence-electron chi connectivity index (χ1n) is 10.6. The first kappa shape index (κ1) is 26.3. The Morgan fingerprint density at radius 3 is 2.56 bits per heavy atom. The first-order chi connectivity index (χ1) is 16.9. The summed E-state index contributed by atoms with van der Waals surface area (Å²) < 4.78 is 29.7. The van der Waals surface area contributed by atoms with Crippen LogP contribution in [-0.2, 0) is 18.6 Å². The molecule has 2 aromatic rings. The largest absolute Gasteiger partial charge is 0.756 e. The van der Waals surface area contributed by atoms with Crippen LogP contribution in [0.15, 0.2) is 38.9 Å². The van der Waals surface area contributed by atoms with Gasteiger partial charge in [-0.15, -0.1) is 0 Å². The van der Waals surface area contributed by atoms with Crippen LogP contribution in [0.25, 0.3) is 0 Å². The van der Waals surface area contributed by atoms with Crippen LogP contribution >= 0.6 is 7.82 Å². The number of H-pyrrole nitrogens is 1. The zero-order chi connectivity index (χ0) is 26.4. The van der Waals surface area contributed by atoms with Gasteiger partial charge in [0.05, 0.1) is 24.7 Å². The second-order valence-corrected chi connectivity index (χ2v) is 9.42. The lowest BCUT2D eigenvalue weighted by molar-refractivity contribution is -0.236. The van der Waals surface area contributed by atoms with Crippen LogP contribution in [-0.4, -0.2) is 76.4 Å². The van der Waals surface area contributed by atoms with Gasteiger partial charge in [-0.05, 0) is 6.07 Å². The highest BCUT2D eigenvalue weighted by molar-refractivity contribution is 7.44. The molecule has 0 spiro atoms. The monoisotopic (exact) mass is 532 g/mol. The van der Waals surface area contributed by atoms with Gasteiger partial charge in [0.2, 0.25) is 0 Å². The van der Waals surface area contributed by atoms with E-state index in [1.165, 1.54) is 6.07 Å². The number of rotatable bonds is 7. The lowest BCUT2D eigenvalue weighted by Gasteiger charge is -2.36.